The van der Waals surface area contributed by atoms with Crippen molar-refractivity contribution in [3.8, 4) is 0 Å². The Hall–Kier alpha value is -1.17. The second-order valence-electron chi connectivity index (χ2n) is 5.18. The van der Waals surface area contributed by atoms with E-state index in [1.54, 1.807) is 24.3 Å². The highest BCUT2D eigenvalue weighted by Crippen LogP contribution is 2.24. The summed E-state index contributed by atoms with van der Waals surface area (Å²) in [5.74, 6) is -0.229. The first-order valence-electron chi connectivity index (χ1n) is 6.50. The number of benzene rings is 1. The van der Waals surface area contributed by atoms with Crippen LogP contribution >= 0.6 is 23.8 Å². The van der Waals surface area contributed by atoms with Gasteiger partial charge in [-0.3, -0.25) is 4.79 Å². The Morgan fingerprint density at radius 1 is 1.40 bits per heavy atom. The molecule has 0 saturated carbocycles. The van der Waals surface area contributed by atoms with Gasteiger partial charge in [-0.05, 0) is 32.0 Å². The molecule has 0 spiro atoms. The zero-order chi connectivity index (χ0) is 14.8. The third kappa shape index (κ3) is 3.11. The Bertz CT molecular complexity index is 527. The largest absolute Gasteiger partial charge is 0.391 e. The van der Waals surface area contributed by atoms with Crippen LogP contribution in [0.2, 0.25) is 5.02 Å². The monoisotopic (exact) mass is 311 g/mol. The van der Waals surface area contributed by atoms with Gasteiger partial charge >= 0.3 is 0 Å². The highest BCUT2D eigenvalue weighted by molar-refractivity contribution is 7.80. The van der Waals surface area contributed by atoms with Gasteiger partial charge in [0.2, 0.25) is 0 Å². The van der Waals surface area contributed by atoms with Gasteiger partial charge in [-0.1, -0.05) is 36.0 Å². The van der Waals surface area contributed by atoms with Crippen molar-refractivity contribution in [3.05, 3.63) is 34.9 Å². The van der Waals surface area contributed by atoms with E-state index in [-0.39, 0.29) is 5.91 Å². The summed E-state index contributed by atoms with van der Waals surface area (Å²) in [6, 6.07) is 6.96. The van der Waals surface area contributed by atoms with Crippen molar-refractivity contribution in [2.24, 2.45) is 5.73 Å². The minimum atomic E-state index is -0.613. The van der Waals surface area contributed by atoms with E-state index >= 15 is 0 Å². The zero-order valence-electron chi connectivity index (χ0n) is 11.4. The molecule has 1 aliphatic rings. The normalized spacial score (nSPS) is 18.5. The lowest BCUT2D eigenvalue weighted by molar-refractivity contribution is 0.0890. The summed E-state index contributed by atoms with van der Waals surface area (Å²) < 4.78 is 0. The zero-order valence-corrected chi connectivity index (χ0v) is 12.9. The van der Waals surface area contributed by atoms with Crippen molar-refractivity contribution in [2.75, 3.05) is 20.1 Å². The van der Waals surface area contributed by atoms with E-state index in [2.05, 4.69) is 10.2 Å². The Morgan fingerprint density at radius 2 is 2.00 bits per heavy atom. The molecule has 0 aliphatic carbocycles. The number of carbonyl (C=O) groups excluding carboxylic acids is 1. The number of nitrogens with zero attached hydrogens (tertiary/aromatic N) is 1. The maximum atomic E-state index is 12.4. The van der Waals surface area contributed by atoms with E-state index in [1.807, 2.05) is 7.05 Å². The molecule has 20 heavy (non-hydrogen) atoms. The quantitative estimate of drug-likeness (QED) is 0.836. The van der Waals surface area contributed by atoms with Gasteiger partial charge < -0.3 is 16.0 Å². The van der Waals surface area contributed by atoms with Crippen LogP contribution in [0.15, 0.2) is 24.3 Å². The number of rotatable bonds is 3. The molecule has 1 aromatic rings. The first-order valence-corrected chi connectivity index (χ1v) is 7.29. The molecule has 0 aromatic heterocycles. The van der Waals surface area contributed by atoms with Crippen LogP contribution in [-0.2, 0) is 0 Å². The number of nitrogens with two attached hydrogens (primary N) is 1. The number of carbonyl (C=O) groups is 1. The summed E-state index contributed by atoms with van der Waals surface area (Å²) in [6.45, 7) is 1.69. The number of hydrogen-bond donors (Lipinski definition) is 2. The molecule has 1 fully saturated rings. The molecule has 3 N–H and O–H groups in total. The number of nitrogens with one attached hydrogen (secondary N) is 1. The van der Waals surface area contributed by atoms with E-state index in [4.69, 9.17) is 29.6 Å². The van der Waals surface area contributed by atoms with Gasteiger partial charge in [0, 0.05) is 13.1 Å². The van der Waals surface area contributed by atoms with Crippen molar-refractivity contribution >= 4 is 34.7 Å². The van der Waals surface area contributed by atoms with Crippen LogP contribution in [0.3, 0.4) is 0 Å². The highest BCUT2D eigenvalue weighted by atomic mass is 35.5. The molecule has 1 saturated heterocycles. The highest BCUT2D eigenvalue weighted by Gasteiger charge is 2.38. The average molecular weight is 312 g/mol. The summed E-state index contributed by atoms with van der Waals surface area (Å²) in [5.41, 5.74) is 5.71. The minimum Gasteiger partial charge on any atom is -0.391 e. The third-order valence-corrected chi connectivity index (χ3v) is 4.50. The SMILES string of the molecule is CN1CCC(NC(=O)c2ccccc2Cl)(C(N)=S)CC1. The van der Waals surface area contributed by atoms with Crippen LogP contribution in [0.1, 0.15) is 23.2 Å². The first-order chi connectivity index (χ1) is 9.44. The van der Waals surface area contributed by atoms with E-state index < -0.39 is 5.54 Å². The van der Waals surface area contributed by atoms with Gasteiger partial charge in [-0.15, -0.1) is 0 Å². The van der Waals surface area contributed by atoms with Crippen molar-refractivity contribution in [1.29, 1.82) is 0 Å². The fraction of sp³-hybridized carbons (Fsp3) is 0.429. The maximum Gasteiger partial charge on any atom is 0.253 e. The van der Waals surface area contributed by atoms with Gasteiger partial charge in [0.25, 0.3) is 5.91 Å². The fourth-order valence-corrected chi connectivity index (χ4v) is 2.84. The second-order valence-corrected chi connectivity index (χ2v) is 6.03. The molecule has 0 bridgehead atoms. The molecule has 0 radical (unpaired) electrons. The van der Waals surface area contributed by atoms with E-state index in [9.17, 15) is 4.79 Å². The lowest BCUT2D eigenvalue weighted by atomic mass is 9.87. The van der Waals surface area contributed by atoms with Crippen LogP contribution in [0.5, 0.6) is 0 Å². The number of amides is 1. The predicted molar refractivity (Wildman–Crippen MR) is 85.2 cm³/mol. The van der Waals surface area contributed by atoms with Crippen molar-refractivity contribution < 1.29 is 4.79 Å². The topological polar surface area (TPSA) is 58.4 Å². The van der Waals surface area contributed by atoms with Crippen LogP contribution < -0.4 is 11.1 Å². The molecule has 0 unspecified atom stereocenters. The van der Waals surface area contributed by atoms with Crippen LogP contribution in [0.25, 0.3) is 0 Å². The molecule has 1 aliphatic heterocycles. The average Bonchev–Trinajstić information content (AvgIpc) is 2.41. The summed E-state index contributed by atoms with van der Waals surface area (Å²) in [6.07, 6.45) is 1.43. The molecule has 1 aromatic carbocycles. The van der Waals surface area contributed by atoms with Crippen molar-refractivity contribution in [1.82, 2.24) is 10.2 Å². The lowest BCUT2D eigenvalue weighted by Gasteiger charge is -2.40. The van der Waals surface area contributed by atoms with Gasteiger partial charge in [-0.2, -0.15) is 0 Å². The molecule has 108 valence electrons. The maximum absolute atomic E-state index is 12.4. The van der Waals surface area contributed by atoms with E-state index in [0.717, 1.165) is 25.9 Å². The van der Waals surface area contributed by atoms with E-state index in [1.165, 1.54) is 0 Å². The van der Waals surface area contributed by atoms with Gasteiger partial charge in [0.05, 0.1) is 21.1 Å². The van der Waals surface area contributed by atoms with Crippen molar-refractivity contribution in [3.63, 3.8) is 0 Å². The molecule has 1 amide bonds. The van der Waals surface area contributed by atoms with Crippen LogP contribution in [-0.4, -0.2) is 41.5 Å². The Balaban J connectivity index is 2.19. The smallest absolute Gasteiger partial charge is 0.253 e. The Kier molecular flexibility index (Phi) is 4.62. The predicted octanol–water partition coefficient (Wildman–Crippen LogP) is 1.82. The number of thiocarbonyl (C=S) groups is 1. The van der Waals surface area contributed by atoms with Gasteiger partial charge in [0.15, 0.2) is 0 Å². The summed E-state index contributed by atoms with van der Waals surface area (Å²) in [5, 5.41) is 3.42. The second kappa shape index (κ2) is 6.08. The number of halogens is 1. The standard InChI is InChI=1S/C14H18ClN3OS/c1-18-8-6-14(7-9-18,13(16)20)17-12(19)10-4-2-3-5-11(10)15/h2-5H,6-9H2,1H3,(H2,16,20)(H,17,19). The Morgan fingerprint density at radius 3 is 2.55 bits per heavy atom. The molecule has 6 heteroatoms. The molecule has 0 atom stereocenters. The Labute approximate surface area is 129 Å². The molecular weight excluding hydrogens is 294 g/mol. The number of hydrogen-bond acceptors (Lipinski definition) is 3. The third-order valence-electron chi connectivity index (χ3n) is 3.78. The van der Waals surface area contributed by atoms with Crippen LogP contribution in [0, 0.1) is 0 Å². The lowest BCUT2D eigenvalue weighted by Crippen LogP contribution is -2.61. The van der Waals surface area contributed by atoms with Gasteiger partial charge in [-0.25, -0.2) is 0 Å². The molecule has 4 nitrogen and oxygen atoms in total. The fourth-order valence-electron chi connectivity index (χ4n) is 2.36. The number of likely N-dealkylation sites (tertiary alicyclic amines) is 1. The molecule has 1 heterocycles. The number of piperidine rings is 1. The molecular formula is C14H18ClN3OS. The molecule has 2 rings (SSSR count). The van der Waals surface area contributed by atoms with Crippen LogP contribution in [0.4, 0.5) is 0 Å². The summed E-state index contributed by atoms with van der Waals surface area (Å²) in [7, 11) is 2.04. The summed E-state index contributed by atoms with van der Waals surface area (Å²) >= 11 is 11.2. The van der Waals surface area contributed by atoms with E-state index in [0.29, 0.717) is 15.6 Å². The van der Waals surface area contributed by atoms with Gasteiger partial charge in [0.1, 0.15) is 0 Å². The first kappa shape index (κ1) is 15.2. The summed E-state index contributed by atoms with van der Waals surface area (Å²) in [4.78, 5) is 14.9. The minimum absolute atomic E-state index is 0.229. The van der Waals surface area contributed by atoms with Crippen molar-refractivity contribution in [2.45, 2.75) is 18.4 Å².